The summed E-state index contributed by atoms with van der Waals surface area (Å²) in [5.41, 5.74) is 0.918. The summed E-state index contributed by atoms with van der Waals surface area (Å²) in [4.78, 5) is 13.8. The first-order valence-corrected chi connectivity index (χ1v) is 5.85. The SMILES string of the molecule is Cc1cccc(C(=O)N2CCNCC2C#N)c1O. The zero-order valence-corrected chi connectivity index (χ0v) is 10.2. The van der Waals surface area contributed by atoms with Gasteiger partial charge in [-0.1, -0.05) is 12.1 Å². The third-order valence-corrected chi connectivity index (χ3v) is 3.12. The molecule has 5 heteroatoms. The Morgan fingerprint density at radius 3 is 3.11 bits per heavy atom. The summed E-state index contributed by atoms with van der Waals surface area (Å²) in [7, 11) is 0. The summed E-state index contributed by atoms with van der Waals surface area (Å²) in [6.45, 7) is 3.35. The number of phenols is 1. The lowest BCUT2D eigenvalue weighted by molar-refractivity contribution is 0.0684. The lowest BCUT2D eigenvalue weighted by atomic mass is 10.1. The Kier molecular flexibility index (Phi) is 3.49. The molecular weight excluding hydrogens is 230 g/mol. The highest BCUT2D eigenvalue weighted by molar-refractivity contribution is 5.97. The number of amides is 1. The minimum Gasteiger partial charge on any atom is -0.507 e. The fourth-order valence-corrected chi connectivity index (χ4v) is 2.05. The van der Waals surface area contributed by atoms with Crippen LogP contribution in [0.2, 0.25) is 0 Å². The van der Waals surface area contributed by atoms with Crippen molar-refractivity contribution in [1.82, 2.24) is 10.2 Å². The van der Waals surface area contributed by atoms with Gasteiger partial charge in [-0.25, -0.2) is 0 Å². The highest BCUT2D eigenvalue weighted by Crippen LogP contribution is 2.23. The van der Waals surface area contributed by atoms with Crippen LogP contribution in [0.25, 0.3) is 0 Å². The standard InChI is InChI=1S/C13H15N3O2/c1-9-3-2-4-11(12(9)17)13(18)16-6-5-15-8-10(16)7-14/h2-4,10,15,17H,5-6,8H2,1H3. The smallest absolute Gasteiger partial charge is 0.258 e. The quantitative estimate of drug-likeness (QED) is 0.761. The number of nitriles is 1. The number of phenolic OH excluding ortho intramolecular Hbond substituents is 1. The van der Waals surface area contributed by atoms with Crippen LogP contribution in [0.15, 0.2) is 18.2 Å². The van der Waals surface area contributed by atoms with Gasteiger partial charge in [-0.15, -0.1) is 0 Å². The zero-order valence-electron chi connectivity index (χ0n) is 10.2. The van der Waals surface area contributed by atoms with E-state index in [0.717, 1.165) is 0 Å². The maximum Gasteiger partial charge on any atom is 0.258 e. The number of piperazine rings is 1. The molecule has 1 fully saturated rings. The predicted octanol–water partition coefficient (Wildman–Crippen LogP) is 0.638. The number of hydrogen-bond acceptors (Lipinski definition) is 4. The van der Waals surface area contributed by atoms with Crippen LogP contribution in [-0.2, 0) is 0 Å². The molecule has 0 radical (unpaired) electrons. The van der Waals surface area contributed by atoms with Gasteiger partial charge in [0.2, 0.25) is 0 Å². The summed E-state index contributed by atoms with van der Waals surface area (Å²) in [6, 6.07) is 6.67. The number of rotatable bonds is 1. The summed E-state index contributed by atoms with van der Waals surface area (Å²) < 4.78 is 0. The van der Waals surface area contributed by atoms with Crippen molar-refractivity contribution < 1.29 is 9.90 Å². The summed E-state index contributed by atoms with van der Waals surface area (Å²) in [6.07, 6.45) is 0. The van der Waals surface area contributed by atoms with Crippen molar-refractivity contribution in [3.63, 3.8) is 0 Å². The van der Waals surface area contributed by atoms with Crippen LogP contribution < -0.4 is 5.32 Å². The molecule has 0 bridgehead atoms. The monoisotopic (exact) mass is 245 g/mol. The van der Waals surface area contributed by atoms with Crippen molar-refractivity contribution in [1.29, 1.82) is 5.26 Å². The minimum atomic E-state index is -0.480. The third kappa shape index (κ3) is 2.15. The first-order chi connectivity index (χ1) is 8.65. The molecule has 1 heterocycles. The van der Waals surface area contributed by atoms with E-state index >= 15 is 0 Å². The van der Waals surface area contributed by atoms with E-state index in [-0.39, 0.29) is 17.2 Å². The number of aromatic hydroxyl groups is 1. The van der Waals surface area contributed by atoms with Crippen LogP contribution >= 0.6 is 0 Å². The van der Waals surface area contributed by atoms with Crippen molar-refractivity contribution >= 4 is 5.91 Å². The fourth-order valence-electron chi connectivity index (χ4n) is 2.05. The van der Waals surface area contributed by atoms with E-state index in [2.05, 4.69) is 11.4 Å². The maximum atomic E-state index is 12.3. The molecule has 0 aromatic heterocycles. The molecule has 1 atom stereocenters. The van der Waals surface area contributed by atoms with E-state index in [1.165, 1.54) is 4.90 Å². The molecule has 2 rings (SSSR count). The van der Waals surface area contributed by atoms with Crippen molar-refractivity contribution in [3.8, 4) is 11.8 Å². The lowest BCUT2D eigenvalue weighted by Gasteiger charge is -2.32. The summed E-state index contributed by atoms with van der Waals surface area (Å²) in [5.74, 6) is -0.290. The highest BCUT2D eigenvalue weighted by Gasteiger charge is 2.28. The van der Waals surface area contributed by atoms with Crippen molar-refractivity contribution in [2.75, 3.05) is 19.6 Å². The number of benzene rings is 1. The van der Waals surface area contributed by atoms with Crippen molar-refractivity contribution in [2.45, 2.75) is 13.0 Å². The Bertz CT molecular complexity index is 507. The van der Waals surface area contributed by atoms with Gasteiger partial charge in [-0.2, -0.15) is 5.26 Å². The van der Waals surface area contributed by atoms with E-state index in [0.29, 0.717) is 25.2 Å². The molecule has 1 aromatic carbocycles. The van der Waals surface area contributed by atoms with Crippen LogP contribution in [-0.4, -0.2) is 41.6 Å². The second-order valence-electron chi connectivity index (χ2n) is 4.32. The number of para-hydroxylation sites is 1. The van der Waals surface area contributed by atoms with Gasteiger partial charge < -0.3 is 15.3 Å². The molecule has 0 spiro atoms. The van der Waals surface area contributed by atoms with Gasteiger partial charge in [0.15, 0.2) is 0 Å². The van der Waals surface area contributed by atoms with E-state index in [4.69, 9.17) is 5.26 Å². The van der Waals surface area contributed by atoms with E-state index < -0.39 is 6.04 Å². The molecule has 0 saturated carbocycles. The maximum absolute atomic E-state index is 12.3. The summed E-state index contributed by atoms with van der Waals surface area (Å²) in [5, 5.41) is 22.0. The summed E-state index contributed by atoms with van der Waals surface area (Å²) >= 11 is 0. The van der Waals surface area contributed by atoms with Gasteiger partial charge in [-0.3, -0.25) is 4.79 Å². The van der Waals surface area contributed by atoms with Crippen LogP contribution in [0.3, 0.4) is 0 Å². The number of aryl methyl sites for hydroxylation is 1. The van der Waals surface area contributed by atoms with Crippen LogP contribution in [0.4, 0.5) is 0 Å². The molecule has 2 N–H and O–H groups in total. The van der Waals surface area contributed by atoms with Gasteiger partial charge in [0.05, 0.1) is 11.6 Å². The number of hydrogen-bond donors (Lipinski definition) is 2. The van der Waals surface area contributed by atoms with Crippen LogP contribution in [0.1, 0.15) is 15.9 Å². The normalized spacial score (nSPS) is 19.3. The predicted molar refractivity (Wildman–Crippen MR) is 66.2 cm³/mol. The second kappa shape index (κ2) is 5.07. The molecule has 18 heavy (non-hydrogen) atoms. The highest BCUT2D eigenvalue weighted by atomic mass is 16.3. The van der Waals surface area contributed by atoms with Crippen LogP contribution in [0, 0.1) is 18.3 Å². The molecule has 1 saturated heterocycles. The van der Waals surface area contributed by atoms with Gasteiger partial charge >= 0.3 is 0 Å². The first-order valence-electron chi connectivity index (χ1n) is 5.85. The second-order valence-corrected chi connectivity index (χ2v) is 4.32. The van der Waals surface area contributed by atoms with Gasteiger partial charge in [0.1, 0.15) is 11.8 Å². The average Bonchev–Trinajstić information content (AvgIpc) is 2.41. The molecule has 5 nitrogen and oxygen atoms in total. The van der Waals surface area contributed by atoms with E-state index in [1.54, 1.807) is 25.1 Å². The Hall–Kier alpha value is -2.06. The third-order valence-electron chi connectivity index (χ3n) is 3.12. The van der Waals surface area contributed by atoms with Crippen molar-refractivity contribution in [2.24, 2.45) is 0 Å². The number of carbonyl (C=O) groups is 1. The van der Waals surface area contributed by atoms with Gasteiger partial charge in [-0.05, 0) is 18.6 Å². The fraction of sp³-hybridized carbons (Fsp3) is 0.385. The Morgan fingerprint density at radius 2 is 2.39 bits per heavy atom. The first kappa shape index (κ1) is 12.4. The average molecular weight is 245 g/mol. The molecule has 94 valence electrons. The van der Waals surface area contributed by atoms with Gasteiger partial charge in [0.25, 0.3) is 5.91 Å². The molecular formula is C13H15N3O2. The number of nitrogens with one attached hydrogen (secondary N) is 1. The topological polar surface area (TPSA) is 76.4 Å². The molecule has 0 aliphatic carbocycles. The zero-order chi connectivity index (χ0) is 13.1. The van der Waals surface area contributed by atoms with E-state index in [1.807, 2.05) is 0 Å². The molecule has 1 unspecified atom stereocenters. The lowest BCUT2D eigenvalue weighted by Crippen LogP contribution is -2.53. The van der Waals surface area contributed by atoms with Gasteiger partial charge in [0, 0.05) is 19.6 Å². The Labute approximate surface area is 106 Å². The molecule has 1 aliphatic rings. The number of carbonyl (C=O) groups excluding carboxylic acids is 1. The number of nitrogens with zero attached hydrogens (tertiary/aromatic N) is 2. The largest absolute Gasteiger partial charge is 0.507 e. The Morgan fingerprint density at radius 1 is 1.61 bits per heavy atom. The minimum absolute atomic E-state index is 0.00211. The molecule has 1 aromatic rings. The molecule has 1 amide bonds. The van der Waals surface area contributed by atoms with E-state index in [9.17, 15) is 9.90 Å². The Balaban J connectivity index is 2.30. The van der Waals surface area contributed by atoms with Crippen LogP contribution in [0.5, 0.6) is 5.75 Å². The van der Waals surface area contributed by atoms with Crippen molar-refractivity contribution in [3.05, 3.63) is 29.3 Å². The molecule has 1 aliphatic heterocycles.